The van der Waals surface area contributed by atoms with Crippen LogP contribution in [0.2, 0.25) is 0 Å². The average Bonchev–Trinajstić information content (AvgIpc) is 2.44. The maximum absolute atomic E-state index is 11.0. The summed E-state index contributed by atoms with van der Waals surface area (Å²) in [5.74, 6) is 0. The Bertz CT molecular complexity index is 332. The Morgan fingerprint density at radius 1 is 1.57 bits per heavy atom. The number of nitrogens with zero attached hydrogens (tertiary/aromatic N) is 1. The minimum absolute atomic E-state index is 0.00227. The zero-order chi connectivity index (χ0) is 10.6. The normalized spacial score (nSPS) is 11.1. The third-order valence-electron chi connectivity index (χ3n) is 2.15. The molecule has 0 fully saturated rings. The van der Waals surface area contributed by atoms with Crippen molar-refractivity contribution < 1.29 is 5.11 Å². The minimum Gasteiger partial charge on any atom is -0.395 e. The van der Waals surface area contributed by atoms with Crippen molar-refractivity contribution in [1.29, 1.82) is 0 Å². The first-order chi connectivity index (χ1) is 6.67. The third-order valence-corrected chi connectivity index (χ3v) is 3.12. The molecule has 0 saturated carbocycles. The Balaban J connectivity index is 2.66. The highest BCUT2D eigenvalue weighted by Crippen LogP contribution is 2.10. The lowest BCUT2D eigenvalue weighted by Gasteiger charge is -2.17. The fourth-order valence-corrected chi connectivity index (χ4v) is 2.16. The zero-order valence-electron chi connectivity index (χ0n) is 8.54. The number of aromatic nitrogens is 1. The number of aliphatic hydroxyl groups excluding tert-OH is 1. The van der Waals surface area contributed by atoms with Gasteiger partial charge in [-0.05, 0) is 13.5 Å². The SMILES string of the molecule is CCN(CCO)Cc1sc(=O)[nH]c1C. The first-order valence-corrected chi connectivity index (χ1v) is 5.50. The van der Waals surface area contributed by atoms with Gasteiger partial charge >= 0.3 is 4.87 Å². The van der Waals surface area contributed by atoms with Crippen molar-refractivity contribution >= 4 is 11.3 Å². The van der Waals surface area contributed by atoms with Crippen molar-refractivity contribution in [1.82, 2.24) is 9.88 Å². The van der Waals surface area contributed by atoms with Crippen molar-refractivity contribution in [2.45, 2.75) is 20.4 Å². The Labute approximate surface area is 87.2 Å². The van der Waals surface area contributed by atoms with E-state index in [9.17, 15) is 4.79 Å². The van der Waals surface area contributed by atoms with Crippen LogP contribution in [0.4, 0.5) is 0 Å². The van der Waals surface area contributed by atoms with Gasteiger partial charge < -0.3 is 10.1 Å². The molecule has 0 aromatic carbocycles. The van der Waals surface area contributed by atoms with Gasteiger partial charge in [-0.3, -0.25) is 9.69 Å². The summed E-state index contributed by atoms with van der Waals surface area (Å²) in [6.07, 6.45) is 0. The van der Waals surface area contributed by atoms with Crippen LogP contribution in [0.15, 0.2) is 4.79 Å². The Morgan fingerprint density at radius 2 is 2.29 bits per heavy atom. The molecule has 4 nitrogen and oxygen atoms in total. The lowest BCUT2D eigenvalue weighted by Crippen LogP contribution is -2.25. The van der Waals surface area contributed by atoms with Gasteiger partial charge in [0.1, 0.15) is 0 Å². The predicted octanol–water partition coefficient (Wildman–Crippen LogP) is 0.559. The molecule has 1 rings (SSSR count). The van der Waals surface area contributed by atoms with Crippen LogP contribution >= 0.6 is 11.3 Å². The number of aliphatic hydroxyl groups is 1. The van der Waals surface area contributed by atoms with E-state index in [-0.39, 0.29) is 11.5 Å². The van der Waals surface area contributed by atoms with Crippen LogP contribution in [-0.2, 0) is 6.54 Å². The summed E-state index contributed by atoms with van der Waals surface area (Å²) in [7, 11) is 0. The van der Waals surface area contributed by atoms with Gasteiger partial charge in [-0.15, -0.1) is 0 Å². The quantitative estimate of drug-likeness (QED) is 0.756. The van der Waals surface area contributed by atoms with E-state index in [1.165, 1.54) is 11.3 Å². The highest BCUT2D eigenvalue weighted by Gasteiger charge is 2.08. The first-order valence-electron chi connectivity index (χ1n) is 4.69. The van der Waals surface area contributed by atoms with E-state index in [0.717, 1.165) is 23.7 Å². The van der Waals surface area contributed by atoms with Crippen LogP contribution in [0.5, 0.6) is 0 Å². The van der Waals surface area contributed by atoms with Crippen LogP contribution < -0.4 is 4.87 Å². The maximum atomic E-state index is 11.0. The molecule has 0 atom stereocenters. The molecule has 0 aliphatic rings. The van der Waals surface area contributed by atoms with E-state index in [4.69, 9.17) is 5.11 Å². The molecule has 1 aromatic rings. The standard InChI is InChI=1S/C9H16N2O2S/c1-3-11(4-5-12)6-8-7(2)10-9(13)14-8/h12H,3-6H2,1-2H3,(H,10,13). The number of aromatic amines is 1. The number of thiazole rings is 1. The molecule has 0 amide bonds. The molecular weight excluding hydrogens is 200 g/mol. The summed E-state index contributed by atoms with van der Waals surface area (Å²) < 4.78 is 0. The van der Waals surface area contributed by atoms with Crippen LogP contribution in [0, 0.1) is 6.92 Å². The van der Waals surface area contributed by atoms with Crippen LogP contribution in [0.3, 0.4) is 0 Å². The molecular formula is C9H16N2O2S. The summed E-state index contributed by atoms with van der Waals surface area (Å²) in [5, 5.41) is 8.81. The molecule has 0 bridgehead atoms. The number of rotatable bonds is 5. The van der Waals surface area contributed by atoms with Crippen molar-refractivity contribution in [3.63, 3.8) is 0 Å². The summed E-state index contributed by atoms with van der Waals surface area (Å²) in [4.78, 5) is 16.9. The van der Waals surface area contributed by atoms with E-state index in [0.29, 0.717) is 6.54 Å². The number of hydrogen-bond acceptors (Lipinski definition) is 4. The summed E-state index contributed by atoms with van der Waals surface area (Å²) >= 11 is 1.25. The molecule has 2 N–H and O–H groups in total. The average molecular weight is 216 g/mol. The molecule has 5 heteroatoms. The van der Waals surface area contributed by atoms with Crippen molar-refractivity contribution in [2.24, 2.45) is 0 Å². The fourth-order valence-electron chi connectivity index (χ4n) is 1.28. The molecule has 1 heterocycles. The van der Waals surface area contributed by atoms with E-state index < -0.39 is 0 Å². The molecule has 0 radical (unpaired) electrons. The molecule has 14 heavy (non-hydrogen) atoms. The first kappa shape index (κ1) is 11.4. The van der Waals surface area contributed by atoms with Gasteiger partial charge in [-0.25, -0.2) is 0 Å². The van der Waals surface area contributed by atoms with Gasteiger partial charge in [0.05, 0.1) is 6.61 Å². The van der Waals surface area contributed by atoms with Crippen LogP contribution in [-0.4, -0.2) is 34.7 Å². The summed E-state index contributed by atoms with van der Waals surface area (Å²) in [5.41, 5.74) is 0.941. The van der Waals surface area contributed by atoms with Gasteiger partial charge in [0.15, 0.2) is 0 Å². The van der Waals surface area contributed by atoms with E-state index in [2.05, 4.69) is 9.88 Å². The lowest BCUT2D eigenvalue weighted by molar-refractivity contribution is 0.197. The number of H-pyrrole nitrogens is 1. The Morgan fingerprint density at radius 3 is 2.71 bits per heavy atom. The molecule has 0 spiro atoms. The van der Waals surface area contributed by atoms with Crippen molar-refractivity contribution in [3.05, 3.63) is 20.2 Å². The van der Waals surface area contributed by atoms with Gasteiger partial charge in [0.25, 0.3) is 0 Å². The van der Waals surface area contributed by atoms with Gasteiger partial charge in [-0.2, -0.15) is 0 Å². The zero-order valence-corrected chi connectivity index (χ0v) is 9.36. The van der Waals surface area contributed by atoms with Crippen molar-refractivity contribution in [3.8, 4) is 0 Å². The van der Waals surface area contributed by atoms with Gasteiger partial charge in [0, 0.05) is 23.7 Å². The number of aryl methyl sites for hydroxylation is 1. The Kier molecular flexibility index (Phi) is 4.31. The highest BCUT2D eigenvalue weighted by atomic mass is 32.1. The molecule has 1 aromatic heterocycles. The highest BCUT2D eigenvalue weighted by molar-refractivity contribution is 7.09. The smallest absolute Gasteiger partial charge is 0.304 e. The monoisotopic (exact) mass is 216 g/mol. The van der Waals surface area contributed by atoms with E-state index in [1.54, 1.807) is 0 Å². The van der Waals surface area contributed by atoms with Gasteiger partial charge in [-0.1, -0.05) is 18.3 Å². The lowest BCUT2D eigenvalue weighted by atomic mass is 10.3. The summed E-state index contributed by atoms with van der Waals surface area (Å²) in [6.45, 7) is 6.38. The minimum atomic E-state index is -0.00227. The number of hydrogen-bond donors (Lipinski definition) is 2. The maximum Gasteiger partial charge on any atom is 0.304 e. The molecule has 0 saturated heterocycles. The van der Waals surface area contributed by atoms with E-state index >= 15 is 0 Å². The molecule has 0 unspecified atom stereocenters. The molecule has 0 aliphatic carbocycles. The van der Waals surface area contributed by atoms with Crippen molar-refractivity contribution in [2.75, 3.05) is 19.7 Å². The third kappa shape index (κ3) is 2.94. The largest absolute Gasteiger partial charge is 0.395 e. The predicted molar refractivity (Wildman–Crippen MR) is 57.7 cm³/mol. The molecule has 0 aliphatic heterocycles. The fraction of sp³-hybridized carbons (Fsp3) is 0.667. The number of likely N-dealkylation sites (N-methyl/N-ethyl adjacent to an activating group) is 1. The Hall–Kier alpha value is -0.650. The second kappa shape index (κ2) is 5.29. The molecule has 80 valence electrons. The van der Waals surface area contributed by atoms with Crippen LogP contribution in [0.25, 0.3) is 0 Å². The number of nitrogens with one attached hydrogen (secondary N) is 1. The van der Waals surface area contributed by atoms with Gasteiger partial charge in [0.2, 0.25) is 0 Å². The summed E-state index contributed by atoms with van der Waals surface area (Å²) in [6, 6.07) is 0. The van der Waals surface area contributed by atoms with E-state index in [1.807, 2.05) is 13.8 Å². The topological polar surface area (TPSA) is 56.3 Å². The second-order valence-electron chi connectivity index (χ2n) is 3.16. The second-order valence-corrected chi connectivity index (χ2v) is 4.22. The van der Waals surface area contributed by atoms with Crippen LogP contribution in [0.1, 0.15) is 17.5 Å².